The molecule has 0 spiro atoms. The van der Waals surface area contributed by atoms with Gasteiger partial charge in [0.15, 0.2) is 11.5 Å². The highest BCUT2D eigenvalue weighted by Crippen LogP contribution is 2.40. The minimum atomic E-state index is -0.244. The van der Waals surface area contributed by atoms with E-state index in [2.05, 4.69) is 4.99 Å². The van der Waals surface area contributed by atoms with Gasteiger partial charge in [-0.25, -0.2) is 0 Å². The highest BCUT2D eigenvalue weighted by atomic mass is 16.5. The first-order chi connectivity index (χ1) is 14.6. The van der Waals surface area contributed by atoms with Crippen LogP contribution in [-0.2, 0) is 16.0 Å². The lowest BCUT2D eigenvalue weighted by Crippen LogP contribution is -2.37. The lowest BCUT2D eigenvalue weighted by atomic mass is 10.1. The Labute approximate surface area is 175 Å². The number of methoxy groups -OCH3 is 1. The number of fused-ring (bicyclic) bond motifs is 4. The summed E-state index contributed by atoms with van der Waals surface area (Å²) in [6.45, 7) is 2.47. The lowest BCUT2D eigenvalue weighted by Gasteiger charge is -2.22. The Kier molecular flexibility index (Phi) is 5.70. The van der Waals surface area contributed by atoms with Crippen molar-refractivity contribution in [3.8, 4) is 11.5 Å². The number of para-hydroxylation sites is 1. The predicted octanol–water partition coefficient (Wildman–Crippen LogP) is 3.70. The SMILES string of the molecule is CCOC(=O)CCCOc1cc2c(cc1OC)C(=O)N1c3ccccc3C[C@H]1C=N2. The van der Waals surface area contributed by atoms with Gasteiger partial charge in [0, 0.05) is 30.8 Å². The van der Waals surface area contributed by atoms with Crippen molar-refractivity contribution in [2.75, 3.05) is 25.2 Å². The van der Waals surface area contributed by atoms with Crippen molar-refractivity contribution in [3.63, 3.8) is 0 Å². The van der Waals surface area contributed by atoms with Gasteiger partial charge in [-0.1, -0.05) is 18.2 Å². The molecule has 0 saturated carbocycles. The summed E-state index contributed by atoms with van der Waals surface area (Å²) in [6, 6.07) is 11.2. The maximum Gasteiger partial charge on any atom is 0.305 e. The van der Waals surface area contributed by atoms with Crippen LogP contribution in [-0.4, -0.2) is 44.5 Å². The van der Waals surface area contributed by atoms with E-state index in [4.69, 9.17) is 14.2 Å². The Hall–Kier alpha value is -3.35. The summed E-state index contributed by atoms with van der Waals surface area (Å²) < 4.78 is 16.2. The number of benzene rings is 2. The zero-order valence-corrected chi connectivity index (χ0v) is 17.1. The molecule has 2 heterocycles. The fourth-order valence-electron chi connectivity index (χ4n) is 3.82. The van der Waals surface area contributed by atoms with Crippen LogP contribution in [0.15, 0.2) is 41.4 Å². The number of anilines is 1. The summed E-state index contributed by atoms with van der Waals surface area (Å²) in [4.78, 5) is 31.2. The van der Waals surface area contributed by atoms with Gasteiger partial charge in [-0.05, 0) is 31.0 Å². The average molecular weight is 408 g/mol. The lowest BCUT2D eigenvalue weighted by molar-refractivity contribution is -0.143. The Bertz CT molecular complexity index is 1000. The fourth-order valence-corrected chi connectivity index (χ4v) is 3.82. The molecule has 2 aliphatic heterocycles. The van der Waals surface area contributed by atoms with Gasteiger partial charge in [-0.3, -0.25) is 19.5 Å². The maximum absolute atomic E-state index is 13.4. The number of hydrogen-bond acceptors (Lipinski definition) is 6. The first kappa shape index (κ1) is 19.9. The van der Waals surface area contributed by atoms with Gasteiger partial charge in [-0.2, -0.15) is 0 Å². The molecule has 0 fully saturated rings. The molecule has 1 atom stereocenters. The second-order valence-electron chi connectivity index (χ2n) is 7.13. The third-order valence-electron chi connectivity index (χ3n) is 5.22. The van der Waals surface area contributed by atoms with Gasteiger partial charge in [0.25, 0.3) is 5.91 Å². The van der Waals surface area contributed by atoms with Crippen LogP contribution in [0.2, 0.25) is 0 Å². The van der Waals surface area contributed by atoms with E-state index in [1.165, 1.54) is 7.11 Å². The third-order valence-corrected chi connectivity index (χ3v) is 5.22. The van der Waals surface area contributed by atoms with Gasteiger partial charge < -0.3 is 14.2 Å². The topological polar surface area (TPSA) is 77.4 Å². The molecule has 0 aliphatic carbocycles. The van der Waals surface area contributed by atoms with Crippen molar-refractivity contribution in [2.24, 2.45) is 4.99 Å². The Balaban J connectivity index is 1.55. The normalized spacial score (nSPS) is 16.4. The summed E-state index contributed by atoms with van der Waals surface area (Å²) in [7, 11) is 1.53. The Morgan fingerprint density at radius 1 is 1.23 bits per heavy atom. The van der Waals surface area contributed by atoms with Crippen molar-refractivity contribution in [1.29, 1.82) is 0 Å². The van der Waals surface area contributed by atoms with E-state index < -0.39 is 0 Å². The summed E-state index contributed by atoms with van der Waals surface area (Å²) in [5.41, 5.74) is 3.08. The largest absolute Gasteiger partial charge is 0.493 e. The van der Waals surface area contributed by atoms with Gasteiger partial charge >= 0.3 is 5.97 Å². The molecule has 2 aliphatic rings. The van der Waals surface area contributed by atoms with Crippen LogP contribution in [0.1, 0.15) is 35.7 Å². The van der Waals surface area contributed by atoms with Crippen LogP contribution in [0, 0.1) is 0 Å². The van der Waals surface area contributed by atoms with Crippen LogP contribution >= 0.6 is 0 Å². The van der Waals surface area contributed by atoms with Crippen LogP contribution < -0.4 is 14.4 Å². The number of carbonyl (C=O) groups excluding carboxylic acids is 2. The van der Waals surface area contributed by atoms with Crippen LogP contribution in [0.25, 0.3) is 0 Å². The van der Waals surface area contributed by atoms with Gasteiger partial charge in [0.2, 0.25) is 0 Å². The fraction of sp³-hybridized carbons (Fsp3) is 0.348. The monoisotopic (exact) mass is 408 g/mol. The van der Waals surface area contributed by atoms with Crippen molar-refractivity contribution in [2.45, 2.75) is 32.2 Å². The van der Waals surface area contributed by atoms with E-state index in [-0.39, 0.29) is 24.3 Å². The molecule has 0 aromatic heterocycles. The zero-order chi connectivity index (χ0) is 21.1. The molecule has 0 radical (unpaired) electrons. The molecule has 2 aromatic rings. The molecule has 4 rings (SSSR count). The summed E-state index contributed by atoms with van der Waals surface area (Å²) in [6.07, 6.45) is 3.37. The molecule has 156 valence electrons. The molecule has 0 bridgehead atoms. The molecule has 7 nitrogen and oxygen atoms in total. The summed E-state index contributed by atoms with van der Waals surface area (Å²) in [5.74, 6) is 0.600. The highest BCUT2D eigenvalue weighted by molar-refractivity contribution is 6.14. The van der Waals surface area contributed by atoms with E-state index in [0.717, 1.165) is 17.7 Å². The van der Waals surface area contributed by atoms with E-state index in [1.54, 1.807) is 24.0 Å². The number of carbonyl (C=O) groups is 2. The van der Waals surface area contributed by atoms with E-state index in [0.29, 0.717) is 42.4 Å². The van der Waals surface area contributed by atoms with E-state index in [1.807, 2.05) is 30.5 Å². The van der Waals surface area contributed by atoms with Crippen molar-refractivity contribution < 1.29 is 23.8 Å². The Morgan fingerprint density at radius 3 is 2.87 bits per heavy atom. The van der Waals surface area contributed by atoms with Crippen molar-refractivity contribution in [1.82, 2.24) is 0 Å². The smallest absolute Gasteiger partial charge is 0.305 e. The minimum Gasteiger partial charge on any atom is -0.493 e. The molecule has 0 unspecified atom stereocenters. The molecule has 0 N–H and O–H groups in total. The second kappa shape index (κ2) is 8.57. The first-order valence-electron chi connectivity index (χ1n) is 10.1. The van der Waals surface area contributed by atoms with Crippen molar-refractivity contribution >= 4 is 29.5 Å². The van der Waals surface area contributed by atoms with Gasteiger partial charge in [0.1, 0.15) is 0 Å². The number of rotatable bonds is 7. The number of ether oxygens (including phenoxy) is 3. The van der Waals surface area contributed by atoms with Crippen LogP contribution in [0.5, 0.6) is 11.5 Å². The Morgan fingerprint density at radius 2 is 2.07 bits per heavy atom. The number of hydrogen-bond donors (Lipinski definition) is 0. The zero-order valence-electron chi connectivity index (χ0n) is 17.1. The minimum absolute atomic E-state index is 0.107. The molecular weight excluding hydrogens is 384 g/mol. The third kappa shape index (κ3) is 3.75. The van der Waals surface area contributed by atoms with Crippen molar-refractivity contribution in [3.05, 3.63) is 47.5 Å². The summed E-state index contributed by atoms with van der Waals surface area (Å²) in [5, 5.41) is 0. The summed E-state index contributed by atoms with van der Waals surface area (Å²) >= 11 is 0. The van der Waals surface area contributed by atoms with E-state index in [9.17, 15) is 9.59 Å². The average Bonchev–Trinajstić information content (AvgIpc) is 3.07. The quantitative estimate of drug-likeness (QED) is 0.516. The standard InChI is InChI=1S/C23H24N2O5/c1-3-29-22(26)9-6-10-30-21-13-18-17(12-20(21)28-2)23(27)25-16(14-24-18)11-15-7-4-5-8-19(15)25/h4-5,7-8,12-14,16H,3,6,9-11H2,1-2H3/t16-/m0/s1. The van der Waals surface area contributed by atoms with Crippen LogP contribution in [0.4, 0.5) is 11.4 Å². The number of esters is 1. The van der Waals surface area contributed by atoms with Gasteiger partial charge in [0.05, 0.1) is 37.6 Å². The first-order valence-corrected chi connectivity index (χ1v) is 10.1. The second-order valence-corrected chi connectivity index (χ2v) is 7.13. The van der Waals surface area contributed by atoms with Crippen LogP contribution in [0.3, 0.4) is 0 Å². The number of amides is 1. The molecule has 0 saturated heterocycles. The molecular formula is C23H24N2O5. The molecule has 1 amide bonds. The number of nitrogens with zero attached hydrogens (tertiary/aromatic N) is 2. The number of aliphatic imine (C=N–C) groups is 1. The van der Waals surface area contributed by atoms with Gasteiger partial charge in [-0.15, -0.1) is 0 Å². The van der Waals surface area contributed by atoms with E-state index >= 15 is 0 Å². The molecule has 30 heavy (non-hydrogen) atoms. The highest BCUT2D eigenvalue weighted by Gasteiger charge is 2.36. The maximum atomic E-state index is 13.4. The predicted molar refractivity (Wildman–Crippen MR) is 113 cm³/mol. The molecule has 2 aromatic carbocycles. The molecule has 7 heteroatoms.